The summed E-state index contributed by atoms with van der Waals surface area (Å²) in [5.41, 5.74) is 0.744. The number of likely N-dealkylation sites (N-methyl/N-ethyl adjacent to an activating group) is 1. The fourth-order valence-electron chi connectivity index (χ4n) is 1.93. The third-order valence-electron chi connectivity index (χ3n) is 2.58. The Morgan fingerprint density at radius 1 is 1.28 bits per heavy atom. The molecule has 0 bridgehead atoms. The van der Waals surface area contributed by atoms with Crippen molar-refractivity contribution in [1.29, 1.82) is 0 Å². The van der Waals surface area contributed by atoms with Crippen molar-refractivity contribution < 1.29 is 9.53 Å². The number of ketones is 1. The molecule has 0 aliphatic carbocycles. The van der Waals surface area contributed by atoms with Crippen LogP contribution in [0, 0.1) is 5.92 Å². The molecule has 1 aromatic rings. The van der Waals surface area contributed by atoms with E-state index in [2.05, 4.69) is 18.7 Å². The zero-order chi connectivity index (χ0) is 13.5. The third kappa shape index (κ3) is 4.88. The molecule has 0 aromatic heterocycles. The van der Waals surface area contributed by atoms with Crippen LogP contribution >= 0.6 is 0 Å². The number of rotatable bonds is 7. The Morgan fingerprint density at radius 2 is 1.89 bits per heavy atom. The second-order valence-electron chi connectivity index (χ2n) is 4.97. The minimum Gasteiger partial charge on any atom is -0.494 e. The molecule has 1 aromatic carbocycles. The minimum atomic E-state index is 0.154. The predicted molar refractivity (Wildman–Crippen MR) is 74.3 cm³/mol. The van der Waals surface area contributed by atoms with Crippen LogP contribution in [0.2, 0.25) is 0 Å². The van der Waals surface area contributed by atoms with Gasteiger partial charge in [-0.1, -0.05) is 13.8 Å². The molecular weight excluding hydrogens is 226 g/mol. The van der Waals surface area contributed by atoms with Crippen molar-refractivity contribution >= 4 is 5.78 Å². The first-order valence-corrected chi connectivity index (χ1v) is 6.47. The van der Waals surface area contributed by atoms with Crippen molar-refractivity contribution in [2.75, 3.05) is 26.7 Å². The highest BCUT2D eigenvalue weighted by molar-refractivity contribution is 5.97. The van der Waals surface area contributed by atoms with Gasteiger partial charge in [0.05, 0.1) is 13.2 Å². The molecule has 0 atom stereocenters. The summed E-state index contributed by atoms with van der Waals surface area (Å²) >= 11 is 0. The van der Waals surface area contributed by atoms with E-state index in [9.17, 15) is 4.79 Å². The fraction of sp³-hybridized carbons (Fsp3) is 0.533. The van der Waals surface area contributed by atoms with Crippen molar-refractivity contribution in [2.45, 2.75) is 20.8 Å². The van der Waals surface area contributed by atoms with Gasteiger partial charge < -0.3 is 4.74 Å². The largest absolute Gasteiger partial charge is 0.494 e. The lowest BCUT2D eigenvalue weighted by molar-refractivity contribution is 0.0940. The maximum absolute atomic E-state index is 12.0. The van der Waals surface area contributed by atoms with E-state index in [0.717, 1.165) is 17.9 Å². The van der Waals surface area contributed by atoms with Gasteiger partial charge >= 0.3 is 0 Å². The molecular formula is C15H23NO2. The van der Waals surface area contributed by atoms with E-state index in [1.807, 2.05) is 38.2 Å². The smallest absolute Gasteiger partial charge is 0.176 e. The quantitative estimate of drug-likeness (QED) is 0.696. The van der Waals surface area contributed by atoms with Crippen LogP contribution in [-0.2, 0) is 0 Å². The molecule has 3 heteroatoms. The first-order valence-electron chi connectivity index (χ1n) is 6.47. The molecule has 0 radical (unpaired) electrons. The average molecular weight is 249 g/mol. The summed E-state index contributed by atoms with van der Waals surface area (Å²) in [6.07, 6.45) is 0. The number of hydrogen-bond acceptors (Lipinski definition) is 3. The normalized spacial score (nSPS) is 11.0. The maximum Gasteiger partial charge on any atom is 0.176 e. The van der Waals surface area contributed by atoms with Gasteiger partial charge in [-0.3, -0.25) is 9.69 Å². The standard InChI is InChI=1S/C15H23NO2/c1-5-18-14-8-6-13(7-9-14)15(17)11-16(4)10-12(2)3/h6-9,12H,5,10-11H2,1-4H3. The number of ether oxygens (including phenoxy) is 1. The van der Waals surface area contributed by atoms with Crippen LogP contribution in [0.5, 0.6) is 5.75 Å². The second-order valence-corrected chi connectivity index (χ2v) is 4.97. The molecule has 0 heterocycles. The van der Waals surface area contributed by atoms with Crippen LogP contribution in [0.1, 0.15) is 31.1 Å². The van der Waals surface area contributed by atoms with E-state index in [1.165, 1.54) is 0 Å². The highest BCUT2D eigenvalue weighted by Crippen LogP contribution is 2.12. The van der Waals surface area contributed by atoms with Gasteiger partial charge in [0.15, 0.2) is 5.78 Å². The van der Waals surface area contributed by atoms with Crippen molar-refractivity contribution in [1.82, 2.24) is 4.90 Å². The Hall–Kier alpha value is -1.35. The molecule has 0 saturated heterocycles. The zero-order valence-electron chi connectivity index (χ0n) is 11.8. The zero-order valence-corrected chi connectivity index (χ0v) is 11.8. The van der Waals surface area contributed by atoms with Crippen molar-refractivity contribution in [3.05, 3.63) is 29.8 Å². The van der Waals surface area contributed by atoms with Gasteiger partial charge in [-0.25, -0.2) is 0 Å². The molecule has 0 amide bonds. The van der Waals surface area contributed by atoms with Gasteiger partial charge in [0, 0.05) is 12.1 Å². The molecule has 0 unspecified atom stereocenters. The molecule has 3 nitrogen and oxygen atoms in total. The minimum absolute atomic E-state index is 0.154. The van der Waals surface area contributed by atoms with E-state index >= 15 is 0 Å². The van der Waals surface area contributed by atoms with Gasteiger partial charge in [-0.2, -0.15) is 0 Å². The number of nitrogens with zero attached hydrogens (tertiary/aromatic N) is 1. The number of Topliss-reactive ketones (excluding diaryl/α,β-unsaturated/α-hetero) is 1. The Balaban J connectivity index is 2.56. The van der Waals surface area contributed by atoms with Gasteiger partial charge in [0.25, 0.3) is 0 Å². The lowest BCUT2D eigenvalue weighted by Crippen LogP contribution is -2.29. The van der Waals surface area contributed by atoms with Crippen molar-refractivity contribution in [3.63, 3.8) is 0 Å². The molecule has 0 aliphatic heterocycles. The fourth-order valence-corrected chi connectivity index (χ4v) is 1.93. The molecule has 0 aliphatic rings. The highest BCUT2D eigenvalue weighted by atomic mass is 16.5. The Morgan fingerprint density at radius 3 is 2.39 bits per heavy atom. The summed E-state index contributed by atoms with van der Waals surface area (Å²) in [5.74, 6) is 1.54. The molecule has 0 fully saturated rings. The van der Waals surface area contributed by atoms with Gasteiger partial charge in [-0.05, 0) is 44.2 Å². The first-order chi connectivity index (χ1) is 8.52. The monoisotopic (exact) mass is 249 g/mol. The molecule has 1 rings (SSSR count). The summed E-state index contributed by atoms with van der Waals surface area (Å²) in [4.78, 5) is 14.1. The van der Waals surface area contributed by atoms with Crippen LogP contribution in [0.3, 0.4) is 0 Å². The van der Waals surface area contributed by atoms with E-state index in [0.29, 0.717) is 19.1 Å². The van der Waals surface area contributed by atoms with E-state index in [4.69, 9.17) is 4.74 Å². The lowest BCUT2D eigenvalue weighted by Gasteiger charge is -2.17. The average Bonchev–Trinajstić information content (AvgIpc) is 2.29. The van der Waals surface area contributed by atoms with E-state index in [-0.39, 0.29) is 5.78 Å². The van der Waals surface area contributed by atoms with Crippen LogP contribution < -0.4 is 4.74 Å². The van der Waals surface area contributed by atoms with Gasteiger partial charge in [-0.15, -0.1) is 0 Å². The Labute approximate surface area is 110 Å². The van der Waals surface area contributed by atoms with Crippen molar-refractivity contribution in [2.24, 2.45) is 5.92 Å². The van der Waals surface area contributed by atoms with E-state index in [1.54, 1.807) is 0 Å². The highest BCUT2D eigenvalue weighted by Gasteiger charge is 2.10. The summed E-state index contributed by atoms with van der Waals surface area (Å²) in [7, 11) is 1.98. The molecule has 0 N–H and O–H groups in total. The summed E-state index contributed by atoms with van der Waals surface area (Å²) in [5, 5.41) is 0. The lowest BCUT2D eigenvalue weighted by atomic mass is 10.1. The molecule has 18 heavy (non-hydrogen) atoms. The first kappa shape index (κ1) is 14.7. The SMILES string of the molecule is CCOc1ccc(C(=O)CN(C)CC(C)C)cc1. The predicted octanol–water partition coefficient (Wildman–Crippen LogP) is 2.86. The summed E-state index contributed by atoms with van der Waals surface area (Å²) in [6.45, 7) is 8.29. The molecule has 0 spiro atoms. The molecule has 0 saturated carbocycles. The topological polar surface area (TPSA) is 29.5 Å². The summed E-state index contributed by atoms with van der Waals surface area (Å²) < 4.78 is 5.35. The summed E-state index contributed by atoms with van der Waals surface area (Å²) in [6, 6.07) is 7.35. The van der Waals surface area contributed by atoms with Crippen LogP contribution in [0.15, 0.2) is 24.3 Å². The third-order valence-corrected chi connectivity index (χ3v) is 2.58. The second kappa shape index (κ2) is 7.17. The number of carbonyl (C=O) groups excluding carboxylic acids is 1. The maximum atomic E-state index is 12.0. The van der Waals surface area contributed by atoms with Crippen LogP contribution in [-0.4, -0.2) is 37.4 Å². The van der Waals surface area contributed by atoms with Crippen LogP contribution in [0.4, 0.5) is 0 Å². The molecule has 100 valence electrons. The number of carbonyl (C=O) groups is 1. The number of hydrogen-bond donors (Lipinski definition) is 0. The van der Waals surface area contributed by atoms with Crippen LogP contribution in [0.25, 0.3) is 0 Å². The van der Waals surface area contributed by atoms with Crippen molar-refractivity contribution in [3.8, 4) is 5.75 Å². The van der Waals surface area contributed by atoms with E-state index < -0.39 is 0 Å². The number of benzene rings is 1. The van der Waals surface area contributed by atoms with Gasteiger partial charge in [0.1, 0.15) is 5.75 Å². The Bertz CT molecular complexity index is 371. The Kier molecular flexibility index (Phi) is 5.86. The van der Waals surface area contributed by atoms with Gasteiger partial charge in [0.2, 0.25) is 0 Å².